The molecule has 31 heavy (non-hydrogen) atoms. The molecule has 0 atom stereocenters. The van der Waals surface area contributed by atoms with Crippen LogP contribution in [-0.2, 0) is 26.4 Å². The fraction of sp³-hybridized carbons (Fsp3) is 0. The Morgan fingerprint density at radius 2 is 0.935 bits per heavy atom. The fourth-order valence-corrected chi connectivity index (χ4v) is 2.27. The first kappa shape index (κ1) is 27.0. The number of carbonyl (C=O) groups excluding carboxylic acids is 2. The number of hydrogen-bond acceptors (Lipinski definition) is 8. The first-order chi connectivity index (χ1) is 14.6. The maximum atomic E-state index is 9.83. The first-order valence-corrected chi connectivity index (χ1v) is 8.22. The summed E-state index contributed by atoms with van der Waals surface area (Å²) >= 11 is 0. The number of aliphatic imine (C=N–C) groups is 2. The van der Waals surface area contributed by atoms with E-state index in [9.17, 15) is 20.4 Å². The molecule has 0 spiro atoms. The van der Waals surface area contributed by atoms with Crippen LogP contribution < -0.4 is 0 Å². The molecule has 0 saturated carbocycles. The van der Waals surface area contributed by atoms with Gasteiger partial charge in [0, 0.05) is 23.6 Å². The summed E-state index contributed by atoms with van der Waals surface area (Å²) in [4.78, 5) is 24.1. The number of hydrogen-bond donors (Lipinski definition) is 4. The molecule has 3 aromatic rings. The molecule has 0 aliphatic rings. The van der Waals surface area contributed by atoms with E-state index in [0.29, 0.717) is 22.5 Å². The Morgan fingerprint density at radius 1 is 0.581 bits per heavy atom. The Hall–Kier alpha value is -3.95. The van der Waals surface area contributed by atoms with Crippen molar-refractivity contribution in [3.63, 3.8) is 0 Å². The van der Waals surface area contributed by atoms with Crippen LogP contribution in [0.3, 0.4) is 0 Å². The quantitative estimate of drug-likeness (QED) is 0.201. The summed E-state index contributed by atoms with van der Waals surface area (Å²) in [6.07, 6.45) is 2.85. The Kier molecular flexibility index (Phi) is 12.3. The molecule has 0 aliphatic carbocycles. The van der Waals surface area contributed by atoms with Gasteiger partial charge in [-0.25, -0.2) is 0 Å². The van der Waals surface area contributed by atoms with Crippen molar-refractivity contribution in [2.45, 2.75) is 0 Å². The Bertz CT molecular complexity index is 958. The van der Waals surface area contributed by atoms with Crippen molar-refractivity contribution in [2.24, 2.45) is 9.98 Å². The topological polar surface area (TPSA) is 140 Å². The van der Waals surface area contributed by atoms with Crippen molar-refractivity contribution < 1.29 is 46.8 Å². The molecule has 0 bridgehead atoms. The molecule has 3 aromatic carbocycles. The van der Waals surface area contributed by atoms with Gasteiger partial charge in [-0.3, -0.25) is 23.6 Å². The summed E-state index contributed by atoms with van der Waals surface area (Å²) < 4.78 is 0. The maximum absolute atomic E-state index is 9.83. The van der Waals surface area contributed by atoms with Crippen LogP contribution in [-0.4, -0.2) is 46.4 Å². The molecule has 4 N–H and O–H groups in total. The van der Waals surface area contributed by atoms with Crippen LogP contribution in [0.2, 0.25) is 0 Å². The van der Waals surface area contributed by atoms with E-state index in [-0.39, 0.29) is 39.8 Å². The number of rotatable bonds is 4. The third-order valence-corrected chi connectivity index (χ3v) is 3.66. The van der Waals surface area contributed by atoms with Crippen molar-refractivity contribution in [2.75, 3.05) is 0 Å². The predicted molar refractivity (Wildman–Crippen MR) is 114 cm³/mol. The summed E-state index contributed by atoms with van der Waals surface area (Å²) in [7, 11) is 0. The van der Waals surface area contributed by atoms with E-state index in [1.54, 1.807) is 48.5 Å². The zero-order valence-corrected chi connectivity index (χ0v) is 17.0. The normalized spacial score (nSPS) is 9.81. The van der Waals surface area contributed by atoms with Crippen molar-refractivity contribution in [3.8, 4) is 23.0 Å². The van der Waals surface area contributed by atoms with Gasteiger partial charge in [-0.05, 0) is 36.4 Å². The standard InChI is InChI=1S/C20H16N2O4.2CHO.Co/c23-17-9-3-5-13(19(17)25)11-21-15-7-1-2-8-16(15)22-12-14-6-4-10-18(24)20(14)26;2*1-2;/h1-12,23-26H;2*1H;/q;2*-1;+2. The summed E-state index contributed by atoms with van der Waals surface area (Å²) in [6.45, 7) is 6.50. The number of phenolic OH excluding ortho intramolecular Hbond substituents is 4. The first-order valence-electron chi connectivity index (χ1n) is 8.22. The van der Waals surface area contributed by atoms with E-state index in [0.717, 1.165) is 0 Å². The maximum Gasteiger partial charge on any atom is 2.00 e. The number of benzene rings is 3. The van der Waals surface area contributed by atoms with Gasteiger partial charge in [0.25, 0.3) is 0 Å². The van der Waals surface area contributed by atoms with Crippen LogP contribution in [0.5, 0.6) is 23.0 Å². The molecule has 8 nitrogen and oxygen atoms in total. The summed E-state index contributed by atoms with van der Waals surface area (Å²) in [5.41, 5.74) is 1.81. The average molecular weight is 465 g/mol. The molecule has 0 fully saturated rings. The van der Waals surface area contributed by atoms with Gasteiger partial charge in [0.2, 0.25) is 0 Å². The number of nitrogens with zero attached hydrogens (tertiary/aromatic N) is 2. The van der Waals surface area contributed by atoms with Crippen molar-refractivity contribution in [3.05, 3.63) is 71.8 Å². The second kappa shape index (κ2) is 14.1. The van der Waals surface area contributed by atoms with E-state index in [1.807, 2.05) is 0 Å². The molecular weight excluding hydrogens is 447 g/mol. The minimum atomic E-state index is -0.248. The summed E-state index contributed by atoms with van der Waals surface area (Å²) in [5.74, 6) is -0.942. The third-order valence-electron chi connectivity index (χ3n) is 3.66. The Labute approximate surface area is 189 Å². The second-order valence-corrected chi connectivity index (χ2v) is 5.44. The van der Waals surface area contributed by atoms with Gasteiger partial charge in [-0.2, -0.15) is 0 Å². The van der Waals surface area contributed by atoms with Gasteiger partial charge >= 0.3 is 16.8 Å². The smallest absolute Gasteiger partial charge is 0.545 e. The summed E-state index contributed by atoms with van der Waals surface area (Å²) in [5, 5.41) is 38.7. The van der Waals surface area contributed by atoms with Gasteiger partial charge in [-0.15, -0.1) is 0 Å². The van der Waals surface area contributed by atoms with Gasteiger partial charge in [-0.1, -0.05) is 24.3 Å². The van der Waals surface area contributed by atoms with Crippen LogP contribution in [0.25, 0.3) is 0 Å². The van der Waals surface area contributed by atoms with Gasteiger partial charge in [0.05, 0.1) is 11.4 Å². The zero-order valence-electron chi connectivity index (χ0n) is 15.9. The molecule has 3 rings (SSSR count). The summed E-state index contributed by atoms with van der Waals surface area (Å²) in [6, 6.07) is 16.3. The predicted octanol–water partition coefficient (Wildman–Crippen LogP) is 3.46. The van der Waals surface area contributed by atoms with Gasteiger partial charge < -0.3 is 30.0 Å². The van der Waals surface area contributed by atoms with Crippen LogP contribution in [0.15, 0.2) is 70.6 Å². The minimum absolute atomic E-state index is 0. The molecule has 0 saturated heterocycles. The molecule has 161 valence electrons. The fourth-order valence-electron chi connectivity index (χ4n) is 2.27. The molecule has 0 aliphatic heterocycles. The van der Waals surface area contributed by atoms with Crippen molar-refractivity contribution in [1.82, 2.24) is 0 Å². The Morgan fingerprint density at radius 3 is 1.29 bits per heavy atom. The molecular formula is C22H18CoN2O6. The van der Waals surface area contributed by atoms with Gasteiger partial charge in [0.1, 0.15) is 0 Å². The largest absolute Gasteiger partial charge is 2.00 e. The van der Waals surface area contributed by atoms with E-state index in [4.69, 9.17) is 9.59 Å². The molecule has 0 heterocycles. The van der Waals surface area contributed by atoms with Crippen LogP contribution >= 0.6 is 0 Å². The molecule has 0 unspecified atom stereocenters. The van der Waals surface area contributed by atoms with Crippen molar-refractivity contribution in [1.29, 1.82) is 0 Å². The number of aromatic hydroxyl groups is 4. The minimum Gasteiger partial charge on any atom is -0.545 e. The Balaban J connectivity index is 0.00000170. The number of phenols is 4. The van der Waals surface area contributed by atoms with Crippen molar-refractivity contribution >= 4 is 37.4 Å². The third kappa shape index (κ3) is 7.42. The van der Waals surface area contributed by atoms with Crippen LogP contribution in [0.4, 0.5) is 11.4 Å². The SMILES string of the molecule is Oc1cccc(C=Nc2ccccc2N=Cc2cccc(O)c2O)c1O.[CH-]=O.[CH-]=O.[Co+2]. The van der Waals surface area contributed by atoms with E-state index < -0.39 is 0 Å². The molecule has 0 aromatic heterocycles. The molecule has 0 amide bonds. The zero-order chi connectivity index (χ0) is 22.5. The van der Waals surface area contributed by atoms with E-state index in [1.165, 1.54) is 24.6 Å². The number of para-hydroxylation sites is 4. The van der Waals surface area contributed by atoms with E-state index in [2.05, 4.69) is 23.6 Å². The second-order valence-electron chi connectivity index (χ2n) is 5.44. The average Bonchev–Trinajstić information content (AvgIpc) is 2.79. The van der Waals surface area contributed by atoms with Gasteiger partial charge in [0.15, 0.2) is 23.0 Å². The molecule has 9 heteroatoms. The monoisotopic (exact) mass is 465 g/mol. The van der Waals surface area contributed by atoms with E-state index >= 15 is 0 Å². The molecule has 1 radical (unpaired) electrons. The van der Waals surface area contributed by atoms with Crippen LogP contribution in [0.1, 0.15) is 11.1 Å². The van der Waals surface area contributed by atoms with Crippen LogP contribution in [0, 0.1) is 0 Å².